The van der Waals surface area contributed by atoms with Gasteiger partial charge in [-0.1, -0.05) is 0 Å². The first-order valence-electron chi connectivity index (χ1n) is 7.02. The zero-order chi connectivity index (χ0) is 16.9. The zero-order valence-corrected chi connectivity index (χ0v) is 13.5. The monoisotopic (exact) mass is 336 g/mol. The maximum atomic E-state index is 12.2. The van der Waals surface area contributed by atoms with E-state index in [2.05, 4.69) is 15.3 Å². The smallest absolute Gasteiger partial charge is 0.265 e. The second-order valence-electron chi connectivity index (χ2n) is 4.84. The number of nitrogens with zero attached hydrogens (tertiary/aromatic N) is 3. The van der Waals surface area contributed by atoms with Gasteiger partial charge in [-0.25, -0.2) is 9.97 Å². The summed E-state index contributed by atoms with van der Waals surface area (Å²) in [5, 5.41) is 13.7. The van der Waals surface area contributed by atoms with Crippen LogP contribution in [0.4, 0.5) is 5.69 Å². The lowest BCUT2D eigenvalue weighted by atomic mass is 10.2. The molecule has 0 saturated heterocycles. The fraction of sp³-hybridized carbons (Fsp3) is 0.0588. The van der Waals surface area contributed by atoms with Crippen LogP contribution in [-0.4, -0.2) is 15.9 Å². The molecule has 24 heavy (non-hydrogen) atoms. The Morgan fingerprint density at radius 1 is 1.21 bits per heavy atom. The van der Waals surface area contributed by atoms with Crippen molar-refractivity contribution in [3.63, 3.8) is 0 Å². The molecular formula is C17H12N4O2S. The maximum Gasteiger partial charge on any atom is 0.265 e. The van der Waals surface area contributed by atoms with Crippen LogP contribution >= 0.6 is 11.3 Å². The molecule has 118 valence electrons. The number of hydrogen-bond donors (Lipinski definition) is 1. The van der Waals surface area contributed by atoms with Crippen LogP contribution in [0, 0.1) is 18.3 Å². The van der Waals surface area contributed by atoms with Gasteiger partial charge >= 0.3 is 0 Å². The number of aromatic nitrogens is 2. The predicted octanol–water partition coefficient (Wildman–Crippen LogP) is 3.76. The number of carbonyl (C=O) groups excluding carboxylic acids is 1. The average molecular weight is 336 g/mol. The van der Waals surface area contributed by atoms with Crippen LogP contribution in [0.25, 0.3) is 0 Å². The number of rotatable bonds is 4. The van der Waals surface area contributed by atoms with Crippen molar-refractivity contribution in [2.24, 2.45) is 0 Å². The van der Waals surface area contributed by atoms with Crippen LogP contribution in [0.3, 0.4) is 0 Å². The number of nitrogens with one attached hydrogen (secondary N) is 1. The molecule has 0 aliphatic carbocycles. The largest absolute Gasteiger partial charge is 0.436 e. The molecule has 3 rings (SSSR count). The summed E-state index contributed by atoms with van der Waals surface area (Å²) in [6, 6.07) is 10.6. The second kappa shape index (κ2) is 6.89. The van der Waals surface area contributed by atoms with E-state index >= 15 is 0 Å². The Kier molecular flexibility index (Phi) is 4.50. The first-order valence-corrected chi connectivity index (χ1v) is 7.90. The summed E-state index contributed by atoms with van der Waals surface area (Å²) < 4.78 is 5.54. The summed E-state index contributed by atoms with van der Waals surface area (Å²) >= 11 is 1.40. The van der Waals surface area contributed by atoms with Crippen molar-refractivity contribution in [1.82, 2.24) is 9.97 Å². The molecule has 1 aromatic carbocycles. The van der Waals surface area contributed by atoms with Crippen LogP contribution in [0.2, 0.25) is 0 Å². The number of benzene rings is 1. The molecule has 6 nitrogen and oxygen atoms in total. The van der Waals surface area contributed by atoms with Crippen LogP contribution < -0.4 is 10.1 Å². The fourth-order valence-electron chi connectivity index (χ4n) is 1.99. The van der Waals surface area contributed by atoms with E-state index in [-0.39, 0.29) is 17.5 Å². The maximum absolute atomic E-state index is 12.2. The third kappa shape index (κ3) is 3.39. The van der Waals surface area contributed by atoms with Crippen molar-refractivity contribution < 1.29 is 9.53 Å². The van der Waals surface area contributed by atoms with Gasteiger partial charge in [0.2, 0.25) is 5.69 Å². The first kappa shape index (κ1) is 15.6. The third-order valence-corrected chi connectivity index (χ3v) is 4.18. The molecule has 7 heteroatoms. The summed E-state index contributed by atoms with van der Waals surface area (Å²) in [6.07, 6.45) is 2.88. The minimum atomic E-state index is -0.142. The molecule has 0 atom stereocenters. The van der Waals surface area contributed by atoms with Crippen molar-refractivity contribution in [2.75, 3.05) is 5.32 Å². The summed E-state index contributed by atoms with van der Waals surface area (Å²) in [7, 11) is 0. The topological polar surface area (TPSA) is 87.9 Å². The van der Waals surface area contributed by atoms with E-state index in [1.165, 1.54) is 23.7 Å². The van der Waals surface area contributed by atoms with Gasteiger partial charge in [-0.05, 0) is 48.2 Å². The van der Waals surface area contributed by atoms with E-state index in [4.69, 9.17) is 10.00 Å². The van der Waals surface area contributed by atoms with Crippen molar-refractivity contribution in [1.29, 1.82) is 5.26 Å². The highest BCUT2D eigenvalue weighted by Crippen LogP contribution is 2.24. The molecule has 0 saturated carbocycles. The third-order valence-electron chi connectivity index (χ3n) is 3.17. The first-order chi connectivity index (χ1) is 11.7. The Labute approximate surface area is 142 Å². The number of aryl methyl sites for hydroxylation is 1. The molecule has 0 spiro atoms. The molecule has 0 unspecified atom stereocenters. The van der Waals surface area contributed by atoms with Crippen LogP contribution in [-0.2, 0) is 0 Å². The Morgan fingerprint density at radius 3 is 2.62 bits per heavy atom. The van der Waals surface area contributed by atoms with Gasteiger partial charge in [0, 0.05) is 18.1 Å². The number of carbonyl (C=O) groups is 1. The predicted molar refractivity (Wildman–Crippen MR) is 90.3 cm³/mol. The molecule has 0 aliphatic heterocycles. The lowest BCUT2D eigenvalue weighted by Crippen LogP contribution is -2.11. The molecule has 1 amide bonds. The average Bonchev–Trinajstić information content (AvgIpc) is 3.03. The summed E-state index contributed by atoms with van der Waals surface area (Å²) in [6.45, 7) is 1.90. The number of hydrogen-bond acceptors (Lipinski definition) is 6. The lowest BCUT2D eigenvalue weighted by molar-refractivity contribution is 0.103. The number of anilines is 1. The number of thiophene rings is 1. The Hall–Kier alpha value is -3.24. The Morgan fingerprint density at radius 2 is 1.96 bits per heavy atom. The van der Waals surface area contributed by atoms with Gasteiger partial charge in [-0.15, -0.1) is 11.3 Å². The molecule has 0 radical (unpaired) electrons. The minimum absolute atomic E-state index is 0.114. The normalized spacial score (nSPS) is 10.0. The highest BCUT2D eigenvalue weighted by atomic mass is 32.1. The van der Waals surface area contributed by atoms with Crippen LogP contribution in [0.5, 0.6) is 11.6 Å². The van der Waals surface area contributed by atoms with Crippen LogP contribution in [0.1, 0.15) is 20.9 Å². The van der Waals surface area contributed by atoms with E-state index < -0.39 is 0 Å². The van der Waals surface area contributed by atoms with Gasteiger partial charge in [0.1, 0.15) is 11.8 Å². The molecular weight excluding hydrogens is 324 g/mol. The highest BCUT2D eigenvalue weighted by molar-refractivity contribution is 7.12. The van der Waals surface area contributed by atoms with Gasteiger partial charge in [0.05, 0.1) is 4.88 Å². The fourth-order valence-corrected chi connectivity index (χ4v) is 2.81. The van der Waals surface area contributed by atoms with E-state index in [1.54, 1.807) is 24.3 Å². The Bertz CT molecular complexity index is 913. The SMILES string of the molecule is Cc1ccsc1C(=O)Nc1ccc(Oc2nccnc2C#N)cc1. The quantitative estimate of drug-likeness (QED) is 0.783. The molecule has 0 bridgehead atoms. The minimum Gasteiger partial charge on any atom is -0.436 e. The van der Waals surface area contributed by atoms with Crippen molar-refractivity contribution >= 4 is 22.9 Å². The van der Waals surface area contributed by atoms with Gasteiger partial charge < -0.3 is 10.1 Å². The summed E-state index contributed by atoms with van der Waals surface area (Å²) in [4.78, 5) is 20.7. The number of nitriles is 1. The van der Waals surface area contributed by atoms with E-state index in [9.17, 15) is 4.79 Å². The van der Waals surface area contributed by atoms with Crippen molar-refractivity contribution in [2.45, 2.75) is 6.92 Å². The van der Waals surface area contributed by atoms with Gasteiger partial charge in [0.25, 0.3) is 11.8 Å². The van der Waals surface area contributed by atoms with E-state index in [1.807, 2.05) is 24.4 Å². The van der Waals surface area contributed by atoms with Gasteiger partial charge in [0.15, 0.2) is 0 Å². The van der Waals surface area contributed by atoms with E-state index in [0.717, 1.165) is 5.56 Å². The number of amides is 1. The molecule has 0 aliphatic rings. The van der Waals surface area contributed by atoms with E-state index in [0.29, 0.717) is 16.3 Å². The lowest BCUT2D eigenvalue weighted by Gasteiger charge is -2.07. The summed E-state index contributed by atoms with van der Waals surface area (Å²) in [5.41, 5.74) is 1.71. The van der Waals surface area contributed by atoms with Crippen molar-refractivity contribution in [3.8, 4) is 17.7 Å². The zero-order valence-electron chi connectivity index (χ0n) is 12.7. The molecule has 3 aromatic rings. The molecule has 2 aromatic heterocycles. The molecule has 1 N–H and O–H groups in total. The van der Waals surface area contributed by atoms with Gasteiger partial charge in [-0.3, -0.25) is 4.79 Å². The number of ether oxygens (including phenoxy) is 1. The molecule has 2 heterocycles. The van der Waals surface area contributed by atoms with Crippen LogP contribution in [0.15, 0.2) is 48.1 Å². The van der Waals surface area contributed by atoms with Crippen molar-refractivity contribution in [3.05, 3.63) is 64.2 Å². The highest BCUT2D eigenvalue weighted by Gasteiger charge is 2.11. The Balaban J connectivity index is 1.71. The summed E-state index contributed by atoms with van der Waals surface area (Å²) in [5.74, 6) is 0.500. The standard InChI is InChI=1S/C17H12N4O2S/c1-11-6-9-24-15(11)16(22)21-12-2-4-13(5-3-12)23-17-14(10-18)19-7-8-20-17/h2-9H,1H3,(H,21,22). The second-order valence-corrected chi connectivity index (χ2v) is 5.75. The molecule has 0 fully saturated rings. The van der Waals surface area contributed by atoms with Gasteiger partial charge in [-0.2, -0.15) is 5.26 Å².